The highest BCUT2D eigenvalue weighted by Gasteiger charge is 2.28. The van der Waals surface area contributed by atoms with Crippen molar-refractivity contribution < 1.29 is 9.59 Å². The number of rotatable bonds is 6. The minimum absolute atomic E-state index is 0. The molecule has 5 nitrogen and oxygen atoms in total. The molecular formula is C14H28ClN3O2. The molecule has 0 aromatic heterocycles. The Morgan fingerprint density at radius 1 is 1.20 bits per heavy atom. The van der Waals surface area contributed by atoms with Gasteiger partial charge in [-0.2, -0.15) is 0 Å². The first-order chi connectivity index (χ1) is 8.84. The van der Waals surface area contributed by atoms with Gasteiger partial charge >= 0.3 is 0 Å². The first kappa shape index (κ1) is 19.2. The second kappa shape index (κ2) is 8.47. The molecule has 1 aliphatic carbocycles. The van der Waals surface area contributed by atoms with E-state index in [1.807, 2.05) is 13.8 Å². The standard InChI is InChI=1S/C14H27N3O2.ClH/c1-10(2)12(15)13(19)16-8-11(18)17-9-14(3)6-4-5-7-14;/h10,12H,4-9,15H2,1-3H3,(H,16,19)(H,17,18);1H/t12-;/m0./s1. The molecule has 0 saturated heterocycles. The first-order valence-electron chi connectivity index (χ1n) is 7.14. The topological polar surface area (TPSA) is 84.2 Å². The maximum Gasteiger partial charge on any atom is 0.239 e. The molecular weight excluding hydrogens is 278 g/mol. The normalized spacial score (nSPS) is 18.2. The number of halogens is 1. The number of amides is 2. The molecule has 6 heteroatoms. The number of hydrogen-bond acceptors (Lipinski definition) is 3. The van der Waals surface area contributed by atoms with Crippen molar-refractivity contribution in [2.75, 3.05) is 13.1 Å². The molecule has 1 saturated carbocycles. The quantitative estimate of drug-likeness (QED) is 0.689. The van der Waals surface area contributed by atoms with Crippen molar-refractivity contribution in [2.24, 2.45) is 17.1 Å². The Bertz CT molecular complexity index is 328. The number of carbonyl (C=O) groups is 2. The Hall–Kier alpha value is -0.810. The van der Waals surface area contributed by atoms with Crippen LogP contribution in [0.1, 0.15) is 46.5 Å². The molecule has 1 rings (SSSR count). The predicted molar refractivity (Wildman–Crippen MR) is 82.7 cm³/mol. The fourth-order valence-electron chi connectivity index (χ4n) is 2.37. The van der Waals surface area contributed by atoms with Crippen molar-refractivity contribution in [2.45, 2.75) is 52.5 Å². The van der Waals surface area contributed by atoms with Crippen LogP contribution < -0.4 is 16.4 Å². The van der Waals surface area contributed by atoms with E-state index in [0.29, 0.717) is 6.54 Å². The van der Waals surface area contributed by atoms with Crippen LogP contribution in [0.4, 0.5) is 0 Å². The second-order valence-corrected chi connectivity index (χ2v) is 6.28. The molecule has 0 unspecified atom stereocenters. The summed E-state index contributed by atoms with van der Waals surface area (Å²) in [5.74, 6) is -0.338. The molecule has 118 valence electrons. The van der Waals surface area contributed by atoms with Crippen LogP contribution in [0, 0.1) is 11.3 Å². The van der Waals surface area contributed by atoms with E-state index >= 15 is 0 Å². The van der Waals surface area contributed by atoms with Gasteiger partial charge in [0, 0.05) is 6.54 Å². The van der Waals surface area contributed by atoms with Crippen LogP contribution in [0.3, 0.4) is 0 Å². The molecule has 0 spiro atoms. The summed E-state index contributed by atoms with van der Waals surface area (Å²) in [5, 5.41) is 5.47. The van der Waals surface area contributed by atoms with Gasteiger partial charge < -0.3 is 16.4 Å². The van der Waals surface area contributed by atoms with Crippen molar-refractivity contribution in [3.63, 3.8) is 0 Å². The van der Waals surface area contributed by atoms with Gasteiger partial charge in [0.25, 0.3) is 0 Å². The Balaban J connectivity index is 0.00000361. The lowest BCUT2D eigenvalue weighted by Crippen LogP contribution is -2.48. The van der Waals surface area contributed by atoms with E-state index in [1.165, 1.54) is 12.8 Å². The van der Waals surface area contributed by atoms with Crippen LogP contribution in [0.2, 0.25) is 0 Å². The van der Waals surface area contributed by atoms with E-state index in [0.717, 1.165) is 12.8 Å². The van der Waals surface area contributed by atoms with Crippen molar-refractivity contribution in [1.82, 2.24) is 10.6 Å². The largest absolute Gasteiger partial charge is 0.354 e. The number of nitrogens with one attached hydrogen (secondary N) is 2. The van der Waals surface area contributed by atoms with Gasteiger partial charge in [0.05, 0.1) is 12.6 Å². The Kier molecular flexibility index (Phi) is 8.13. The average molecular weight is 306 g/mol. The van der Waals surface area contributed by atoms with Gasteiger partial charge in [0.2, 0.25) is 11.8 Å². The van der Waals surface area contributed by atoms with E-state index in [2.05, 4.69) is 17.6 Å². The average Bonchev–Trinajstić information content (AvgIpc) is 2.80. The van der Waals surface area contributed by atoms with Crippen molar-refractivity contribution >= 4 is 24.2 Å². The summed E-state index contributed by atoms with van der Waals surface area (Å²) < 4.78 is 0. The molecule has 1 fully saturated rings. The molecule has 0 heterocycles. The number of hydrogen-bond donors (Lipinski definition) is 3. The van der Waals surface area contributed by atoms with E-state index in [1.54, 1.807) is 0 Å². The second-order valence-electron chi connectivity index (χ2n) is 6.28. The number of carbonyl (C=O) groups excluding carboxylic acids is 2. The van der Waals surface area contributed by atoms with Crippen molar-refractivity contribution in [3.05, 3.63) is 0 Å². The van der Waals surface area contributed by atoms with E-state index in [9.17, 15) is 9.59 Å². The van der Waals surface area contributed by atoms with Gasteiger partial charge in [0.1, 0.15) is 0 Å². The third-order valence-electron chi connectivity index (χ3n) is 3.97. The van der Waals surface area contributed by atoms with Gasteiger partial charge in [-0.05, 0) is 24.2 Å². The molecule has 1 aliphatic rings. The lowest BCUT2D eigenvalue weighted by atomic mass is 9.89. The van der Waals surface area contributed by atoms with Gasteiger partial charge in [-0.1, -0.05) is 33.6 Å². The zero-order chi connectivity index (χ0) is 14.5. The Morgan fingerprint density at radius 2 is 1.75 bits per heavy atom. The lowest BCUT2D eigenvalue weighted by Gasteiger charge is -2.23. The molecule has 0 aliphatic heterocycles. The molecule has 4 N–H and O–H groups in total. The number of nitrogens with two attached hydrogens (primary N) is 1. The summed E-state index contributed by atoms with van der Waals surface area (Å²) >= 11 is 0. The van der Waals surface area contributed by atoms with Gasteiger partial charge in [0.15, 0.2) is 0 Å². The Labute approximate surface area is 127 Å². The van der Waals surface area contributed by atoms with Crippen LogP contribution in [-0.4, -0.2) is 30.9 Å². The molecule has 0 aromatic rings. The van der Waals surface area contributed by atoms with Crippen LogP contribution in [0.25, 0.3) is 0 Å². The molecule has 2 amide bonds. The highest BCUT2D eigenvalue weighted by atomic mass is 35.5. The van der Waals surface area contributed by atoms with Gasteiger partial charge in [-0.25, -0.2) is 0 Å². The third-order valence-corrected chi connectivity index (χ3v) is 3.97. The monoisotopic (exact) mass is 305 g/mol. The molecule has 20 heavy (non-hydrogen) atoms. The van der Waals surface area contributed by atoms with Crippen LogP contribution in [-0.2, 0) is 9.59 Å². The highest BCUT2D eigenvalue weighted by molar-refractivity contribution is 5.87. The SMILES string of the molecule is CC(C)[C@H](N)C(=O)NCC(=O)NCC1(C)CCCC1.Cl. The van der Waals surface area contributed by atoms with Gasteiger partial charge in [-0.3, -0.25) is 9.59 Å². The van der Waals surface area contributed by atoms with E-state index in [-0.39, 0.29) is 42.1 Å². The van der Waals surface area contributed by atoms with Crippen LogP contribution >= 0.6 is 12.4 Å². The molecule has 0 aromatic carbocycles. The van der Waals surface area contributed by atoms with Gasteiger partial charge in [-0.15, -0.1) is 12.4 Å². The molecule has 0 bridgehead atoms. The zero-order valence-corrected chi connectivity index (χ0v) is 13.5. The maximum atomic E-state index is 11.7. The summed E-state index contributed by atoms with van der Waals surface area (Å²) in [6, 6.07) is -0.555. The highest BCUT2D eigenvalue weighted by Crippen LogP contribution is 2.36. The molecule has 1 atom stereocenters. The smallest absolute Gasteiger partial charge is 0.239 e. The van der Waals surface area contributed by atoms with Crippen LogP contribution in [0.15, 0.2) is 0 Å². The lowest BCUT2D eigenvalue weighted by molar-refractivity contribution is -0.127. The minimum Gasteiger partial charge on any atom is -0.354 e. The predicted octanol–water partition coefficient (Wildman–Crippen LogP) is 1.20. The van der Waals surface area contributed by atoms with E-state index < -0.39 is 6.04 Å². The summed E-state index contributed by atoms with van der Waals surface area (Å²) in [5.41, 5.74) is 5.93. The fraction of sp³-hybridized carbons (Fsp3) is 0.857. The summed E-state index contributed by atoms with van der Waals surface area (Å²) in [6.45, 7) is 6.66. The fourth-order valence-corrected chi connectivity index (χ4v) is 2.37. The minimum atomic E-state index is -0.555. The van der Waals surface area contributed by atoms with E-state index in [4.69, 9.17) is 5.73 Å². The third kappa shape index (κ3) is 6.09. The molecule has 0 radical (unpaired) electrons. The van der Waals surface area contributed by atoms with Crippen molar-refractivity contribution in [3.8, 4) is 0 Å². The summed E-state index contributed by atoms with van der Waals surface area (Å²) in [6.07, 6.45) is 4.81. The summed E-state index contributed by atoms with van der Waals surface area (Å²) in [4.78, 5) is 23.3. The zero-order valence-electron chi connectivity index (χ0n) is 12.7. The van der Waals surface area contributed by atoms with Crippen molar-refractivity contribution in [1.29, 1.82) is 0 Å². The summed E-state index contributed by atoms with van der Waals surface area (Å²) in [7, 11) is 0. The van der Waals surface area contributed by atoms with Crippen LogP contribution in [0.5, 0.6) is 0 Å². The maximum absolute atomic E-state index is 11.7. The Morgan fingerprint density at radius 3 is 2.25 bits per heavy atom. The first-order valence-corrected chi connectivity index (χ1v) is 7.14.